The Morgan fingerprint density at radius 2 is 2.16 bits per heavy atom. The van der Waals surface area contributed by atoms with Crippen LogP contribution < -0.4 is 20.1 Å². The van der Waals surface area contributed by atoms with Crippen molar-refractivity contribution in [2.45, 2.75) is 19.9 Å². The van der Waals surface area contributed by atoms with E-state index in [1.165, 1.54) is 5.56 Å². The van der Waals surface area contributed by atoms with Gasteiger partial charge in [0.2, 0.25) is 6.79 Å². The number of aliphatic imine (C=N–C) groups is 1. The average Bonchev–Trinajstić information content (AvgIpc) is 3.25. The molecular formula is C17H24IN5O2. The number of halogens is 1. The van der Waals surface area contributed by atoms with Crippen LogP contribution in [0.15, 0.2) is 41.7 Å². The van der Waals surface area contributed by atoms with Crippen molar-refractivity contribution in [3.05, 3.63) is 42.2 Å². The molecule has 0 radical (unpaired) electrons. The first kappa shape index (κ1) is 19.4. The molecule has 136 valence electrons. The van der Waals surface area contributed by atoms with Gasteiger partial charge in [-0.15, -0.1) is 24.0 Å². The van der Waals surface area contributed by atoms with E-state index in [4.69, 9.17) is 9.47 Å². The SMILES string of the molecule is CCNC(=NCCc1ccc2c(c1)OCO2)NCCn1cccn1.I. The number of benzene rings is 1. The molecule has 1 aromatic heterocycles. The topological polar surface area (TPSA) is 72.7 Å². The largest absolute Gasteiger partial charge is 0.454 e. The number of nitrogens with one attached hydrogen (secondary N) is 2. The van der Waals surface area contributed by atoms with Gasteiger partial charge in [-0.05, 0) is 37.1 Å². The number of hydrogen-bond acceptors (Lipinski definition) is 4. The van der Waals surface area contributed by atoms with Crippen LogP contribution in [0.3, 0.4) is 0 Å². The molecular weight excluding hydrogens is 433 g/mol. The lowest BCUT2D eigenvalue weighted by Crippen LogP contribution is -2.39. The summed E-state index contributed by atoms with van der Waals surface area (Å²) in [6.45, 7) is 5.48. The monoisotopic (exact) mass is 457 g/mol. The van der Waals surface area contributed by atoms with E-state index in [1.54, 1.807) is 6.20 Å². The molecule has 0 saturated carbocycles. The Labute approximate surface area is 164 Å². The van der Waals surface area contributed by atoms with E-state index in [2.05, 4.69) is 33.7 Å². The zero-order chi connectivity index (χ0) is 16.6. The third kappa shape index (κ3) is 5.80. The van der Waals surface area contributed by atoms with Crippen LogP contribution in [0.5, 0.6) is 11.5 Å². The Hall–Kier alpha value is -1.97. The van der Waals surface area contributed by atoms with Crippen molar-refractivity contribution < 1.29 is 9.47 Å². The van der Waals surface area contributed by atoms with Gasteiger partial charge in [0.25, 0.3) is 0 Å². The fraction of sp³-hybridized carbons (Fsp3) is 0.412. The van der Waals surface area contributed by atoms with Crippen molar-refractivity contribution in [3.63, 3.8) is 0 Å². The van der Waals surface area contributed by atoms with Crippen LogP contribution in [0.1, 0.15) is 12.5 Å². The third-order valence-corrected chi connectivity index (χ3v) is 3.64. The van der Waals surface area contributed by atoms with Crippen LogP contribution in [0, 0.1) is 0 Å². The highest BCUT2D eigenvalue weighted by Crippen LogP contribution is 2.32. The standard InChI is InChI=1S/C17H23N5O2.HI/c1-2-18-17(20-9-11-22-10-3-7-21-22)19-8-6-14-4-5-15-16(12-14)24-13-23-15;/h3-5,7,10,12H,2,6,8-9,11,13H2,1H3,(H2,18,19,20);1H. The first-order valence-electron chi connectivity index (χ1n) is 8.23. The molecule has 0 amide bonds. The minimum Gasteiger partial charge on any atom is -0.454 e. The summed E-state index contributed by atoms with van der Waals surface area (Å²) in [5.74, 6) is 2.46. The molecule has 0 aliphatic carbocycles. The van der Waals surface area contributed by atoms with E-state index < -0.39 is 0 Å². The van der Waals surface area contributed by atoms with Crippen LogP contribution in [-0.4, -0.2) is 42.2 Å². The van der Waals surface area contributed by atoms with E-state index in [9.17, 15) is 0 Å². The number of rotatable bonds is 7. The molecule has 1 aliphatic heterocycles. The second-order valence-electron chi connectivity index (χ2n) is 5.39. The molecule has 2 heterocycles. The van der Waals surface area contributed by atoms with Crippen LogP contribution in [0.25, 0.3) is 0 Å². The lowest BCUT2D eigenvalue weighted by Gasteiger charge is -2.11. The second kappa shape index (κ2) is 10.1. The van der Waals surface area contributed by atoms with Crippen LogP contribution >= 0.6 is 24.0 Å². The molecule has 2 aromatic rings. The molecule has 1 aromatic carbocycles. The number of nitrogens with zero attached hydrogens (tertiary/aromatic N) is 3. The number of guanidine groups is 1. The Morgan fingerprint density at radius 1 is 1.28 bits per heavy atom. The van der Waals surface area contributed by atoms with Crippen molar-refractivity contribution in [1.82, 2.24) is 20.4 Å². The first-order chi connectivity index (χ1) is 11.8. The average molecular weight is 457 g/mol. The lowest BCUT2D eigenvalue weighted by atomic mass is 10.1. The molecule has 0 unspecified atom stereocenters. The fourth-order valence-corrected chi connectivity index (χ4v) is 2.46. The maximum Gasteiger partial charge on any atom is 0.231 e. The Balaban J connectivity index is 0.00000225. The highest BCUT2D eigenvalue weighted by molar-refractivity contribution is 14.0. The van der Waals surface area contributed by atoms with Gasteiger partial charge in [-0.2, -0.15) is 5.10 Å². The molecule has 25 heavy (non-hydrogen) atoms. The van der Waals surface area contributed by atoms with Gasteiger partial charge in [-0.3, -0.25) is 9.67 Å². The first-order valence-corrected chi connectivity index (χ1v) is 8.23. The second-order valence-corrected chi connectivity index (χ2v) is 5.39. The minimum absolute atomic E-state index is 0. The van der Waals surface area contributed by atoms with E-state index in [0.29, 0.717) is 13.3 Å². The molecule has 0 fully saturated rings. The number of fused-ring (bicyclic) bond motifs is 1. The van der Waals surface area contributed by atoms with Gasteiger partial charge in [-0.1, -0.05) is 6.07 Å². The molecule has 8 heteroatoms. The summed E-state index contributed by atoms with van der Waals surface area (Å²) in [4.78, 5) is 4.61. The molecule has 0 spiro atoms. The van der Waals surface area contributed by atoms with Gasteiger partial charge in [0.15, 0.2) is 17.5 Å². The summed E-state index contributed by atoms with van der Waals surface area (Å²) >= 11 is 0. The van der Waals surface area contributed by atoms with Gasteiger partial charge < -0.3 is 20.1 Å². The molecule has 0 atom stereocenters. The summed E-state index contributed by atoms with van der Waals surface area (Å²) in [5.41, 5.74) is 1.19. The molecule has 1 aliphatic rings. The zero-order valence-electron chi connectivity index (χ0n) is 14.3. The molecule has 3 rings (SSSR count). The fourth-order valence-electron chi connectivity index (χ4n) is 2.46. The highest BCUT2D eigenvalue weighted by atomic mass is 127. The normalized spacial score (nSPS) is 12.6. The van der Waals surface area contributed by atoms with Crippen LogP contribution in [-0.2, 0) is 13.0 Å². The Kier molecular flexibility index (Phi) is 7.83. The summed E-state index contributed by atoms with van der Waals surface area (Å²) in [6, 6.07) is 7.95. The number of ether oxygens (including phenoxy) is 2. The quantitative estimate of drug-likeness (QED) is 0.378. The molecule has 2 N–H and O–H groups in total. The zero-order valence-corrected chi connectivity index (χ0v) is 16.6. The number of aromatic nitrogens is 2. The van der Waals surface area contributed by atoms with Crippen LogP contribution in [0.2, 0.25) is 0 Å². The van der Waals surface area contributed by atoms with Crippen molar-refractivity contribution in [3.8, 4) is 11.5 Å². The smallest absolute Gasteiger partial charge is 0.231 e. The van der Waals surface area contributed by atoms with Crippen molar-refractivity contribution in [2.24, 2.45) is 4.99 Å². The molecule has 0 saturated heterocycles. The van der Waals surface area contributed by atoms with Gasteiger partial charge in [0.1, 0.15) is 0 Å². The highest BCUT2D eigenvalue weighted by Gasteiger charge is 2.12. The summed E-state index contributed by atoms with van der Waals surface area (Å²) in [6.07, 6.45) is 4.59. The molecule has 7 nitrogen and oxygen atoms in total. The summed E-state index contributed by atoms with van der Waals surface area (Å²) < 4.78 is 12.6. The predicted octanol–water partition coefficient (Wildman–Crippen LogP) is 2.03. The van der Waals surface area contributed by atoms with Crippen molar-refractivity contribution in [1.29, 1.82) is 0 Å². The Bertz CT molecular complexity index is 676. The lowest BCUT2D eigenvalue weighted by molar-refractivity contribution is 0.174. The van der Waals surface area contributed by atoms with Gasteiger partial charge in [0.05, 0.1) is 6.54 Å². The van der Waals surface area contributed by atoms with Crippen molar-refractivity contribution in [2.75, 3.05) is 26.4 Å². The van der Waals surface area contributed by atoms with Crippen molar-refractivity contribution >= 4 is 29.9 Å². The maximum atomic E-state index is 5.40. The minimum atomic E-state index is 0. The van der Waals surface area contributed by atoms with Gasteiger partial charge in [0, 0.05) is 32.0 Å². The van der Waals surface area contributed by atoms with Crippen LogP contribution in [0.4, 0.5) is 0 Å². The van der Waals surface area contributed by atoms with E-state index in [1.807, 2.05) is 29.1 Å². The van der Waals surface area contributed by atoms with E-state index in [-0.39, 0.29) is 24.0 Å². The van der Waals surface area contributed by atoms with Gasteiger partial charge >= 0.3 is 0 Å². The maximum absolute atomic E-state index is 5.40. The van der Waals surface area contributed by atoms with Gasteiger partial charge in [-0.25, -0.2) is 0 Å². The number of hydrogen-bond donors (Lipinski definition) is 2. The summed E-state index contributed by atoms with van der Waals surface area (Å²) in [7, 11) is 0. The predicted molar refractivity (Wildman–Crippen MR) is 108 cm³/mol. The van der Waals surface area contributed by atoms with E-state index in [0.717, 1.165) is 43.5 Å². The summed E-state index contributed by atoms with van der Waals surface area (Å²) in [5, 5.41) is 10.8. The third-order valence-electron chi connectivity index (χ3n) is 3.64. The van der Waals surface area contributed by atoms with E-state index >= 15 is 0 Å². The molecule has 0 bridgehead atoms. The Morgan fingerprint density at radius 3 is 2.96 bits per heavy atom.